The first kappa shape index (κ1) is 12.6. The Hall–Kier alpha value is -1.90. The third-order valence-electron chi connectivity index (χ3n) is 3.13. The molecule has 3 heteroatoms. The number of rotatable bonds is 3. The van der Waals surface area contributed by atoms with Gasteiger partial charge in [-0.3, -0.25) is 0 Å². The average molecular weight is 241 g/mol. The summed E-state index contributed by atoms with van der Waals surface area (Å²) in [5, 5.41) is 3.14. The average Bonchev–Trinajstić information content (AvgIpc) is 2.40. The van der Waals surface area contributed by atoms with Gasteiger partial charge in [0.1, 0.15) is 5.82 Å². The monoisotopic (exact) mass is 241 g/mol. The molecule has 0 unspecified atom stereocenters. The first-order valence-corrected chi connectivity index (χ1v) is 6.28. The van der Waals surface area contributed by atoms with Gasteiger partial charge in [0.2, 0.25) is 0 Å². The van der Waals surface area contributed by atoms with Crippen molar-refractivity contribution in [1.82, 2.24) is 9.97 Å². The van der Waals surface area contributed by atoms with Gasteiger partial charge in [0.05, 0.1) is 0 Å². The SMILES string of the molecule is CCc1nc(-c2ccc(C)cc2)nc(NC)c1C. The van der Waals surface area contributed by atoms with Crippen LogP contribution in [0.4, 0.5) is 5.82 Å². The third-order valence-corrected chi connectivity index (χ3v) is 3.13. The normalized spacial score (nSPS) is 10.4. The largest absolute Gasteiger partial charge is 0.373 e. The maximum absolute atomic E-state index is 4.65. The molecule has 18 heavy (non-hydrogen) atoms. The molecule has 0 amide bonds. The summed E-state index contributed by atoms with van der Waals surface area (Å²) < 4.78 is 0. The lowest BCUT2D eigenvalue weighted by Crippen LogP contribution is -2.04. The zero-order chi connectivity index (χ0) is 13.1. The molecule has 0 aliphatic heterocycles. The van der Waals surface area contributed by atoms with Crippen LogP contribution in [0.25, 0.3) is 11.4 Å². The zero-order valence-electron chi connectivity index (χ0n) is 11.4. The van der Waals surface area contributed by atoms with Crippen molar-refractivity contribution in [3.05, 3.63) is 41.1 Å². The summed E-state index contributed by atoms with van der Waals surface area (Å²) in [6.45, 7) is 6.26. The Morgan fingerprint density at radius 3 is 2.28 bits per heavy atom. The number of nitrogens with zero attached hydrogens (tertiary/aromatic N) is 2. The minimum absolute atomic E-state index is 0.793. The number of aromatic nitrogens is 2. The van der Waals surface area contributed by atoms with Crippen LogP contribution in [-0.4, -0.2) is 17.0 Å². The van der Waals surface area contributed by atoms with Crippen LogP contribution >= 0.6 is 0 Å². The van der Waals surface area contributed by atoms with Crippen LogP contribution in [0.15, 0.2) is 24.3 Å². The molecule has 1 heterocycles. The molecule has 1 N–H and O–H groups in total. The molecule has 0 spiro atoms. The first-order chi connectivity index (χ1) is 8.65. The molecule has 1 aromatic carbocycles. The Morgan fingerprint density at radius 2 is 1.72 bits per heavy atom. The fourth-order valence-corrected chi connectivity index (χ4v) is 1.98. The Kier molecular flexibility index (Phi) is 3.60. The number of nitrogens with one attached hydrogen (secondary N) is 1. The van der Waals surface area contributed by atoms with Crippen LogP contribution in [0.1, 0.15) is 23.7 Å². The van der Waals surface area contributed by atoms with Gasteiger partial charge in [-0.1, -0.05) is 36.8 Å². The standard InChI is InChI=1S/C15H19N3/c1-5-13-11(3)14(16-4)18-15(17-13)12-8-6-10(2)7-9-12/h6-9H,5H2,1-4H3,(H,16,17,18). The summed E-state index contributed by atoms with van der Waals surface area (Å²) >= 11 is 0. The molecule has 0 aliphatic rings. The van der Waals surface area contributed by atoms with E-state index in [1.54, 1.807) is 0 Å². The van der Waals surface area contributed by atoms with Gasteiger partial charge in [0.15, 0.2) is 5.82 Å². The van der Waals surface area contributed by atoms with E-state index >= 15 is 0 Å². The summed E-state index contributed by atoms with van der Waals surface area (Å²) in [7, 11) is 1.90. The molecule has 0 radical (unpaired) electrons. The molecular weight excluding hydrogens is 222 g/mol. The Morgan fingerprint density at radius 1 is 1.06 bits per heavy atom. The lowest BCUT2D eigenvalue weighted by Gasteiger charge is -2.11. The predicted octanol–water partition coefficient (Wildman–Crippen LogP) is 3.36. The number of benzene rings is 1. The number of aryl methyl sites for hydroxylation is 2. The molecule has 0 bridgehead atoms. The van der Waals surface area contributed by atoms with E-state index in [1.807, 2.05) is 7.05 Å². The van der Waals surface area contributed by atoms with Crippen molar-refractivity contribution in [2.24, 2.45) is 0 Å². The maximum Gasteiger partial charge on any atom is 0.161 e. The van der Waals surface area contributed by atoms with Gasteiger partial charge >= 0.3 is 0 Å². The van der Waals surface area contributed by atoms with Gasteiger partial charge in [-0.05, 0) is 20.3 Å². The molecule has 3 nitrogen and oxygen atoms in total. The van der Waals surface area contributed by atoms with Crippen molar-refractivity contribution < 1.29 is 0 Å². The van der Waals surface area contributed by atoms with E-state index < -0.39 is 0 Å². The van der Waals surface area contributed by atoms with E-state index in [0.717, 1.165) is 34.9 Å². The Balaban J connectivity index is 2.54. The maximum atomic E-state index is 4.65. The summed E-state index contributed by atoms with van der Waals surface area (Å²) in [6.07, 6.45) is 0.919. The molecule has 94 valence electrons. The molecule has 2 rings (SSSR count). The van der Waals surface area contributed by atoms with Gasteiger partial charge in [0, 0.05) is 23.9 Å². The molecular formula is C15H19N3. The lowest BCUT2D eigenvalue weighted by molar-refractivity contribution is 0.977. The van der Waals surface area contributed by atoms with Crippen molar-refractivity contribution in [2.75, 3.05) is 12.4 Å². The van der Waals surface area contributed by atoms with Crippen molar-refractivity contribution >= 4 is 5.82 Å². The minimum atomic E-state index is 0.793. The second kappa shape index (κ2) is 5.17. The second-order valence-corrected chi connectivity index (χ2v) is 4.44. The van der Waals surface area contributed by atoms with E-state index in [-0.39, 0.29) is 0 Å². The van der Waals surface area contributed by atoms with Crippen LogP contribution in [0.3, 0.4) is 0 Å². The fraction of sp³-hybridized carbons (Fsp3) is 0.333. The third kappa shape index (κ3) is 2.35. The van der Waals surface area contributed by atoms with E-state index in [0.29, 0.717) is 0 Å². The van der Waals surface area contributed by atoms with Crippen LogP contribution in [0, 0.1) is 13.8 Å². The fourth-order valence-electron chi connectivity index (χ4n) is 1.98. The zero-order valence-corrected chi connectivity index (χ0v) is 11.4. The summed E-state index contributed by atoms with van der Waals surface area (Å²) in [6, 6.07) is 8.31. The van der Waals surface area contributed by atoms with Gasteiger partial charge in [-0.2, -0.15) is 0 Å². The number of hydrogen-bond donors (Lipinski definition) is 1. The Bertz CT molecular complexity index is 519. The molecule has 2 aromatic rings. The van der Waals surface area contributed by atoms with E-state index in [4.69, 9.17) is 0 Å². The van der Waals surface area contributed by atoms with Crippen LogP contribution in [-0.2, 0) is 6.42 Å². The lowest BCUT2D eigenvalue weighted by atomic mass is 10.1. The van der Waals surface area contributed by atoms with Gasteiger partial charge < -0.3 is 5.32 Å². The predicted molar refractivity (Wildman–Crippen MR) is 75.9 cm³/mol. The molecule has 0 fully saturated rings. The number of hydrogen-bond acceptors (Lipinski definition) is 3. The van der Waals surface area contributed by atoms with Crippen molar-refractivity contribution in [2.45, 2.75) is 27.2 Å². The molecule has 0 saturated carbocycles. The first-order valence-electron chi connectivity index (χ1n) is 6.28. The van der Waals surface area contributed by atoms with Gasteiger partial charge in [0.25, 0.3) is 0 Å². The van der Waals surface area contributed by atoms with Crippen molar-refractivity contribution in [1.29, 1.82) is 0 Å². The highest BCUT2D eigenvalue weighted by Gasteiger charge is 2.09. The Labute approximate surface area is 108 Å². The highest BCUT2D eigenvalue weighted by molar-refractivity contribution is 5.60. The van der Waals surface area contributed by atoms with Gasteiger partial charge in [-0.15, -0.1) is 0 Å². The van der Waals surface area contributed by atoms with Crippen LogP contribution in [0.5, 0.6) is 0 Å². The van der Waals surface area contributed by atoms with Crippen LogP contribution in [0.2, 0.25) is 0 Å². The highest BCUT2D eigenvalue weighted by atomic mass is 15.0. The number of anilines is 1. The summed E-state index contributed by atoms with van der Waals surface area (Å²) in [5.74, 6) is 1.71. The highest BCUT2D eigenvalue weighted by Crippen LogP contribution is 2.22. The summed E-state index contributed by atoms with van der Waals surface area (Å²) in [4.78, 5) is 9.23. The molecule has 0 aliphatic carbocycles. The topological polar surface area (TPSA) is 37.8 Å². The second-order valence-electron chi connectivity index (χ2n) is 4.44. The van der Waals surface area contributed by atoms with Crippen LogP contribution < -0.4 is 5.32 Å². The molecule has 0 saturated heterocycles. The van der Waals surface area contributed by atoms with E-state index in [1.165, 1.54) is 5.56 Å². The van der Waals surface area contributed by atoms with Crippen molar-refractivity contribution in [3.8, 4) is 11.4 Å². The molecule has 1 aromatic heterocycles. The van der Waals surface area contributed by atoms with E-state index in [9.17, 15) is 0 Å². The minimum Gasteiger partial charge on any atom is -0.373 e. The van der Waals surface area contributed by atoms with Crippen molar-refractivity contribution in [3.63, 3.8) is 0 Å². The molecule has 0 atom stereocenters. The van der Waals surface area contributed by atoms with Gasteiger partial charge in [-0.25, -0.2) is 9.97 Å². The smallest absolute Gasteiger partial charge is 0.161 e. The van der Waals surface area contributed by atoms with E-state index in [2.05, 4.69) is 60.3 Å². The summed E-state index contributed by atoms with van der Waals surface area (Å²) in [5.41, 5.74) is 4.54. The quantitative estimate of drug-likeness (QED) is 0.895.